The Morgan fingerprint density at radius 1 is 0.636 bits per heavy atom. The fourth-order valence-electron chi connectivity index (χ4n) is 6.51. The second-order valence-corrected chi connectivity index (χ2v) is 18.4. The average Bonchev–Trinajstić information content (AvgIpc) is 3.16. The third kappa shape index (κ3) is 9.49. The summed E-state index contributed by atoms with van der Waals surface area (Å²) in [6.07, 6.45) is 4.75. The van der Waals surface area contributed by atoms with Gasteiger partial charge in [0.1, 0.15) is 0 Å². The molecule has 1 aliphatic carbocycles. The summed E-state index contributed by atoms with van der Waals surface area (Å²) in [4.78, 5) is 0. The first-order chi connectivity index (χ1) is 19.1. The minimum Gasteiger partial charge on any atom is -1.00 e. The molecule has 0 amide bonds. The number of aryl methyl sites for hydroxylation is 4. The van der Waals surface area contributed by atoms with Gasteiger partial charge in [-0.05, 0) is 0 Å². The van der Waals surface area contributed by atoms with Gasteiger partial charge in [-0.15, -0.1) is 0 Å². The second-order valence-electron chi connectivity index (χ2n) is 14.7. The summed E-state index contributed by atoms with van der Waals surface area (Å²) in [5.41, 5.74) is 13.3. The summed E-state index contributed by atoms with van der Waals surface area (Å²) in [5.74, 6) is 0. The van der Waals surface area contributed by atoms with Crippen LogP contribution >= 0.6 is 0 Å². The third-order valence-corrected chi connectivity index (χ3v) is 12.8. The smallest absolute Gasteiger partial charge is 1.00 e. The van der Waals surface area contributed by atoms with E-state index in [4.69, 9.17) is 0 Å². The van der Waals surface area contributed by atoms with Crippen LogP contribution in [0.4, 0.5) is 0 Å². The molecule has 1 aliphatic rings. The Bertz CT molecular complexity index is 1400. The summed E-state index contributed by atoms with van der Waals surface area (Å²) >= 11 is 2.43. The van der Waals surface area contributed by atoms with Crippen LogP contribution < -0.4 is 47.6 Å². The normalized spacial score (nSPS) is 13.6. The predicted molar refractivity (Wildman–Crippen MR) is 180 cm³/mol. The van der Waals surface area contributed by atoms with E-state index in [1.165, 1.54) is 58.2 Å². The molecule has 0 aliphatic heterocycles. The van der Waals surface area contributed by atoms with Crippen molar-refractivity contribution in [1.29, 1.82) is 0 Å². The van der Waals surface area contributed by atoms with Gasteiger partial charge in [0.2, 0.25) is 0 Å². The minimum atomic E-state index is -1.67. The number of rotatable bonds is 7. The van der Waals surface area contributed by atoms with Crippen LogP contribution in [-0.2, 0) is 31.3 Å². The Labute approximate surface area is 301 Å². The van der Waals surface area contributed by atoms with E-state index in [1.54, 1.807) is 30.6 Å². The first-order valence-electron chi connectivity index (χ1n) is 15.6. The zero-order valence-corrected chi connectivity index (χ0v) is 33.7. The van der Waals surface area contributed by atoms with E-state index in [2.05, 4.69) is 151 Å². The maximum Gasteiger partial charge on any atom is -1.00 e. The number of unbranched alkanes of at least 4 members (excludes halogenated alkanes) is 1. The summed E-state index contributed by atoms with van der Waals surface area (Å²) in [7, 11) is -1.67. The van der Waals surface area contributed by atoms with E-state index in [9.17, 15) is 0 Å². The van der Waals surface area contributed by atoms with Gasteiger partial charge in [0.05, 0.1) is 0 Å². The van der Waals surface area contributed by atoms with Crippen LogP contribution in [0.25, 0.3) is 5.57 Å². The van der Waals surface area contributed by atoms with Gasteiger partial charge in [-0.25, -0.2) is 0 Å². The molecule has 0 N–H and O–H groups in total. The van der Waals surface area contributed by atoms with E-state index < -0.39 is 8.80 Å². The average molecular weight is 702 g/mol. The fraction of sp³-hybridized carbons (Fsp3) is 0.436. The molecule has 236 valence electrons. The molecule has 3 aromatic carbocycles. The zero-order valence-electron chi connectivity index (χ0n) is 28.7. The van der Waals surface area contributed by atoms with Crippen molar-refractivity contribution in [2.75, 3.05) is 0 Å². The second kappa shape index (κ2) is 16.2. The van der Waals surface area contributed by atoms with Crippen molar-refractivity contribution in [2.45, 2.75) is 113 Å². The molecule has 0 unspecified atom stereocenters. The van der Waals surface area contributed by atoms with Crippen molar-refractivity contribution in [2.24, 2.45) is 0 Å². The van der Waals surface area contributed by atoms with Crippen molar-refractivity contribution in [3.05, 3.63) is 108 Å². The first kappa shape index (κ1) is 41.0. The SMILES string of the molecule is CCCCC1=C([SiH](c2cc(C)cc(C)c2)c2cc(C)cc(C)c2)CC(c2cc(C(C)(C)C)cc(C(C)(C)C)c2)=[C]1[Ti+3].[Cl-].[Cl-].[Cl-]. The van der Waals surface area contributed by atoms with Gasteiger partial charge in [0.25, 0.3) is 0 Å². The standard InChI is InChI=1S/C39H51Si.3ClH.Ti/c1-12-13-14-30-21-31(32-22-33(38(6,7)8)25-34(23-32)39(9,10)11)24-37(30)40(35-17-26(2)15-27(3)18-35)36-19-28(4)16-29(5)20-36;;;;/h15-20,22-23,25,40H,12-14,24H2,1-11H3;3*1H;/q;;;;+3/p-3. The Balaban J connectivity index is 0.00000323. The summed E-state index contributed by atoms with van der Waals surface area (Å²) < 4.78 is 1.55. The van der Waals surface area contributed by atoms with Gasteiger partial charge >= 0.3 is 266 Å². The Morgan fingerprint density at radius 2 is 1.05 bits per heavy atom. The summed E-state index contributed by atoms with van der Waals surface area (Å²) in [6, 6.07) is 22.1. The minimum absolute atomic E-state index is 0. The monoisotopic (exact) mass is 700 g/mol. The van der Waals surface area contributed by atoms with Crippen molar-refractivity contribution < 1.29 is 57.7 Å². The largest absolute Gasteiger partial charge is 1.00 e. The Kier molecular flexibility index (Phi) is 15.1. The molecule has 5 heteroatoms. The molecular formula is C39H51Cl3SiTi. The molecule has 0 saturated heterocycles. The van der Waals surface area contributed by atoms with E-state index in [0.717, 1.165) is 6.42 Å². The number of halogens is 3. The molecule has 0 aromatic heterocycles. The van der Waals surface area contributed by atoms with Crippen LogP contribution in [0.15, 0.2) is 69.2 Å². The van der Waals surface area contributed by atoms with Crippen LogP contribution in [0, 0.1) is 27.7 Å². The van der Waals surface area contributed by atoms with Gasteiger partial charge in [-0.2, -0.15) is 0 Å². The third-order valence-electron chi connectivity index (χ3n) is 8.66. The van der Waals surface area contributed by atoms with Gasteiger partial charge in [-0.1, -0.05) is 0 Å². The number of allylic oxidation sites excluding steroid dienone is 4. The van der Waals surface area contributed by atoms with Crippen LogP contribution in [-0.4, -0.2) is 8.80 Å². The predicted octanol–water partition coefficient (Wildman–Crippen LogP) is 0.256. The molecular weight excluding hydrogens is 651 g/mol. The molecule has 3 aromatic rings. The van der Waals surface area contributed by atoms with E-state index in [1.807, 2.05) is 0 Å². The van der Waals surface area contributed by atoms with Crippen LogP contribution in [0.5, 0.6) is 0 Å². The summed E-state index contributed by atoms with van der Waals surface area (Å²) in [6.45, 7) is 25.5. The fourth-order valence-corrected chi connectivity index (χ4v) is 11.5. The van der Waals surface area contributed by atoms with Crippen LogP contribution in [0.1, 0.15) is 113 Å². The molecule has 44 heavy (non-hydrogen) atoms. The van der Waals surface area contributed by atoms with Gasteiger partial charge in [0, 0.05) is 0 Å². The topological polar surface area (TPSA) is 0 Å². The number of hydrogen-bond acceptors (Lipinski definition) is 0. The van der Waals surface area contributed by atoms with Crippen molar-refractivity contribution >= 4 is 24.7 Å². The van der Waals surface area contributed by atoms with E-state index in [0.29, 0.717) is 0 Å². The Hall–Kier alpha value is -1.06. The maximum absolute atomic E-state index is 2.51. The van der Waals surface area contributed by atoms with E-state index >= 15 is 0 Å². The Morgan fingerprint density at radius 3 is 1.41 bits per heavy atom. The molecule has 0 saturated carbocycles. The van der Waals surface area contributed by atoms with Gasteiger partial charge < -0.3 is 37.2 Å². The molecule has 0 heterocycles. The molecule has 0 bridgehead atoms. The molecule has 0 nitrogen and oxygen atoms in total. The molecule has 0 spiro atoms. The van der Waals surface area contributed by atoms with Crippen molar-refractivity contribution in [1.82, 2.24) is 0 Å². The summed E-state index contributed by atoms with van der Waals surface area (Å²) in [5, 5.41) is 4.90. The number of hydrogen-bond donors (Lipinski definition) is 0. The number of benzene rings is 3. The maximum atomic E-state index is 2.51. The van der Waals surface area contributed by atoms with Gasteiger partial charge in [0.15, 0.2) is 0 Å². The molecule has 0 radical (unpaired) electrons. The molecule has 4 rings (SSSR count). The van der Waals surface area contributed by atoms with Crippen LogP contribution in [0.2, 0.25) is 0 Å². The quantitative estimate of drug-likeness (QED) is 0.311. The van der Waals surface area contributed by atoms with E-state index in [-0.39, 0.29) is 48.1 Å². The molecule has 0 fully saturated rings. The first-order valence-corrected chi connectivity index (χ1v) is 18.1. The molecule has 0 atom stereocenters. The van der Waals surface area contributed by atoms with Crippen molar-refractivity contribution in [3.63, 3.8) is 0 Å². The van der Waals surface area contributed by atoms with Crippen LogP contribution in [0.3, 0.4) is 0 Å². The van der Waals surface area contributed by atoms with Crippen molar-refractivity contribution in [3.8, 4) is 0 Å². The van der Waals surface area contributed by atoms with Gasteiger partial charge in [-0.3, -0.25) is 0 Å². The zero-order chi connectivity index (χ0) is 30.3.